The van der Waals surface area contributed by atoms with Gasteiger partial charge in [-0.3, -0.25) is 4.79 Å². The number of aliphatic hydroxyl groups is 1. The van der Waals surface area contributed by atoms with Crippen molar-refractivity contribution < 1.29 is 31.5 Å². The molecule has 2 bridgehead atoms. The third kappa shape index (κ3) is 4.07. The number of amides is 1. The van der Waals surface area contributed by atoms with Gasteiger partial charge in [0, 0.05) is 34.7 Å². The molecule has 0 saturated heterocycles. The van der Waals surface area contributed by atoms with Crippen molar-refractivity contribution in [3.8, 4) is 0 Å². The molecule has 0 spiro atoms. The monoisotopic (exact) mass is 527 g/mol. The summed E-state index contributed by atoms with van der Waals surface area (Å²) in [6, 6.07) is 4.86. The Morgan fingerprint density at radius 2 is 1.83 bits per heavy atom. The van der Waals surface area contributed by atoms with E-state index in [4.69, 9.17) is 11.6 Å². The van der Waals surface area contributed by atoms with Gasteiger partial charge in [0.05, 0.1) is 20.8 Å². The van der Waals surface area contributed by atoms with Gasteiger partial charge in [0.1, 0.15) is 0 Å². The fourth-order valence-electron chi connectivity index (χ4n) is 5.56. The summed E-state index contributed by atoms with van der Waals surface area (Å²) in [7, 11) is -4.07. The third-order valence-corrected chi connectivity index (χ3v) is 10.4. The number of rotatable bonds is 6. The quantitative estimate of drug-likeness (QED) is 0.382. The van der Waals surface area contributed by atoms with E-state index in [0.717, 1.165) is 6.07 Å². The van der Waals surface area contributed by atoms with Crippen molar-refractivity contribution in [1.82, 2.24) is 0 Å². The van der Waals surface area contributed by atoms with Crippen LogP contribution in [0.3, 0.4) is 0 Å². The molecule has 2 aromatic carbocycles. The number of carbonyl (C=O) groups is 1. The first-order chi connectivity index (χ1) is 16.2. The Balaban J connectivity index is 1.67. The maximum atomic E-state index is 13.8. The number of fused-ring (bicyclic) bond motifs is 2. The first kappa shape index (κ1) is 25.7. The smallest absolute Gasteiger partial charge is 0.255 e. The summed E-state index contributed by atoms with van der Waals surface area (Å²) in [6.07, 6.45) is 3.11. The van der Waals surface area contributed by atoms with Crippen LogP contribution >= 0.6 is 11.6 Å². The van der Waals surface area contributed by atoms with Crippen LogP contribution in [-0.2, 0) is 9.84 Å². The van der Waals surface area contributed by atoms with Crippen LogP contribution in [0.2, 0.25) is 5.02 Å². The first-order valence-corrected chi connectivity index (χ1v) is 13.0. The van der Waals surface area contributed by atoms with Crippen LogP contribution in [0.1, 0.15) is 43.5 Å². The Bertz CT molecular complexity index is 1310. The normalized spacial score (nSPS) is 26.1. The standard InChI is InChI=1S/C25H25ClF3NO4S/c1-4-24(2,3)25(32)12-14-5-7-16(25)22(14)35(33,34)20-9-13(6-8-17(20)26)23(31)30-15-10-18(27)21(29)19(28)11-15/h4,6,8-11,14,16,22,32H,1,5,7,12H2,2-3H3,(H,30,31)/t14?,16?,22-,25+/m1/s1. The molecular formula is C25H25ClF3NO4S. The fraction of sp³-hybridized carbons (Fsp3) is 0.400. The Morgan fingerprint density at radius 1 is 1.20 bits per heavy atom. The molecular weight excluding hydrogens is 503 g/mol. The van der Waals surface area contributed by atoms with Crippen molar-refractivity contribution in [1.29, 1.82) is 0 Å². The maximum Gasteiger partial charge on any atom is 0.255 e. The van der Waals surface area contributed by atoms with E-state index in [9.17, 15) is 31.5 Å². The van der Waals surface area contributed by atoms with Crippen LogP contribution in [0.15, 0.2) is 47.9 Å². The highest BCUT2D eigenvalue weighted by Gasteiger charge is 2.65. The highest BCUT2D eigenvalue weighted by atomic mass is 35.5. The molecule has 2 fully saturated rings. The average molecular weight is 528 g/mol. The van der Waals surface area contributed by atoms with E-state index in [1.165, 1.54) is 12.1 Å². The van der Waals surface area contributed by atoms with Crippen LogP contribution < -0.4 is 5.32 Å². The summed E-state index contributed by atoms with van der Waals surface area (Å²) >= 11 is 6.26. The number of hydrogen-bond acceptors (Lipinski definition) is 4. The fourth-order valence-corrected chi connectivity index (χ4v) is 8.46. The second kappa shape index (κ2) is 8.64. The Morgan fingerprint density at radius 3 is 2.43 bits per heavy atom. The maximum absolute atomic E-state index is 13.8. The lowest BCUT2D eigenvalue weighted by Gasteiger charge is -2.44. The molecule has 35 heavy (non-hydrogen) atoms. The van der Waals surface area contributed by atoms with Gasteiger partial charge in [-0.05, 0) is 43.4 Å². The minimum absolute atomic E-state index is 0.0850. The molecule has 2 saturated carbocycles. The van der Waals surface area contributed by atoms with Crippen LogP contribution in [-0.4, -0.2) is 30.3 Å². The number of halogens is 4. The van der Waals surface area contributed by atoms with Crippen LogP contribution in [0.25, 0.3) is 0 Å². The minimum Gasteiger partial charge on any atom is -0.389 e. The van der Waals surface area contributed by atoms with E-state index in [1.807, 2.05) is 13.8 Å². The van der Waals surface area contributed by atoms with Gasteiger partial charge in [0.15, 0.2) is 27.3 Å². The topological polar surface area (TPSA) is 83.5 Å². The second-order valence-corrected chi connectivity index (χ2v) is 12.3. The van der Waals surface area contributed by atoms with E-state index >= 15 is 0 Å². The molecule has 0 aliphatic heterocycles. The van der Waals surface area contributed by atoms with Crippen molar-refractivity contribution in [2.45, 2.75) is 48.9 Å². The number of benzene rings is 2. The average Bonchev–Trinajstić information content (AvgIpc) is 3.34. The van der Waals surface area contributed by atoms with Gasteiger partial charge < -0.3 is 10.4 Å². The lowest BCUT2D eigenvalue weighted by Crippen LogP contribution is -2.49. The summed E-state index contributed by atoms with van der Waals surface area (Å²) in [4.78, 5) is 12.5. The predicted molar refractivity (Wildman–Crippen MR) is 126 cm³/mol. The van der Waals surface area contributed by atoms with Gasteiger partial charge in [-0.2, -0.15) is 0 Å². The van der Waals surface area contributed by atoms with Crippen LogP contribution in [0.5, 0.6) is 0 Å². The molecule has 1 amide bonds. The number of sulfone groups is 1. The predicted octanol–water partition coefficient (Wildman–Crippen LogP) is 5.53. The number of anilines is 1. The van der Waals surface area contributed by atoms with Gasteiger partial charge in [0.2, 0.25) is 0 Å². The summed E-state index contributed by atoms with van der Waals surface area (Å²) in [5, 5.41) is 12.8. The highest BCUT2D eigenvalue weighted by molar-refractivity contribution is 7.92. The second-order valence-electron chi connectivity index (χ2n) is 9.86. The SMILES string of the molecule is C=CC(C)(C)[C@]1(O)CC2CCC1[C@@H]2S(=O)(=O)c1cc(C(=O)Nc2cc(F)c(F)c(F)c2)ccc1Cl. The van der Waals surface area contributed by atoms with Crippen molar-refractivity contribution in [3.63, 3.8) is 0 Å². The molecule has 2 aliphatic carbocycles. The van der Waals surface area contributed by atoms with E-state index < -0.39 is 55.4 Å². The molecule has 2 unspecified atom stereocenters. The van der Waals surface area contributed by atoms with E-state index in [2.05, 4.69) is 11.9 Å². The van der Waals surface area contributed by atoms with Crippen molar-refractivity contribution in [2.75, 3.05) is 5.32 Å². The first-order valence-electron chi connectivity index (χ1n) is 11.1. The van der Waals surface area contributed by atoms with Crippen molar-refractivity contribution in [2.24, 2.45) is 17.3 Å². The number of carbonyl (C=O) groups excluding carboxylic acids is 1. The largest absolute Gasteiger partial charge is 0.389 e. The molecule has 2 aliphatic rings. The molecule has 5 nitrogen and oxygen atoms in total. The zero-order valence-electron chi connectivity index (χ0n) is 19.1. The molecule has 0 heterocycles. The Labute approximate surface area is 206 Å². The minimum atomic E-state index is -4.07. The Kier molecular flexibility index (Phi) is 6.35. The van der Waals surface area contributed by atoms with Gasteiger partial charge >= 0.3 is 0 Å². The van der Waals surface area contributed by atoms with Gasteiger partial charge in [-0.15, -0.1) is 6.58 Å². The summed E-state index contributed by atoms with van der Waals surface area (Å²) in [5.74, 6) is -6.31. The number of hydrogen-bond donors (Lipinski definition) is 2. The molecule has 0 radical (unpaired) electrons. The molecule has 188 valence electrons. The number of nitrogens with one attached hydrogen (secondary N) is 1. The molecule has 2 N–H and O–H groups in total. The van der Waals surface area contributed by atoms with Gasteiger partial charge in [-0.25, -0.2) is 21.6 Å². The zero-order chi connectivity index (χ0) is 25.9. The summed E-state index contributed by atoms with van der Waals surface area (Å²) in [5.41, 5.74) is -2.43. The van der Waals surface area contributed by atoms with E-state index in [0.29, 0.717) is 31.4 Å². The van der Waals surface area contributed by atoms with Crippen molar-refractivity contribution in [3.05, 3.63) is 71.0 Å². The summed E-state index contributed by atoms with van der Waals surface area (Å²) < 4.78 is 67.8. The molecule has 10 heteroatoms. The van der Waals surface area contributed by atoms with Crippen molar-refractivity contribution >= 4 is 33.0 Å². The lowest BCUT2D eigenvalue weighted by molar-refractivity contribution is -0.0856. The highest BCUT2D eigenvalue weighted by Crippen LogP contribution is 2.60. The molecule has 2 aromatic rings. The van der Waals surface area contributed by atoms with Crippen LogP contribution in [0, 0.1) is 34.7 Å². The van der Waals surface area contributed by atoms with Gasteiger partial charge in [-0.1, -0.05) is 31.5 Å². The van der Waals surface area contributed by atoms with Crippen LogP contribution in [0.4, 0.5) is 18.9 Å². The molecule has 0 aromatic heterocycles. The van der Waals surface area contributed by atoms with E-state index in [1.54, 1.807) is 6.08 Å². The zero-order valence-corrected chi connectivity index (χ0v) is 20.7. The van der Waals surface area contributed by atoms with Gasteiger partial charge in [0.25, 0.3) is 5.91 Å². The third-order valence-electron chi connectivity index (χ3n) is 7.62. The van der Waals surface area contributed by atoms with E-state index in [-0.39, 0.29) is 27.1 Å². The molecule has 4 atom stereocenters. The Hall–Kier alpha value is -2.36. The lowest BCUT2D eigenvalue weighted by atomic mass is 9.66. The summed E-state index contributed by atoms with van der Waals surface area (Å²) in [6.45, 7) is 7.45. The molecule has 4 rings (SSSR count).